The van der Waals surface area contributed by atoms with Crippen LogP contribution in [0.1, 0.15) is 26.3 Å². The van der Waals surface area contributed by atoms with Gasteiger partial charge < -0.3 is 9.73 Å². The van der Waals surface area contributed by atoms with Gasteiger partial charge in [-0.15, -0.1) is 0 Å². The highest BCUT2D eigenvalue weighted by atomic mass is 16.4. The van der Waals surface area contributed by atoms with Gasteiger partial charge in [-0.05, 0) is 44.5 Å². The van der Waals surface area contributed by atoms with Crippen molar-refractivity contribution in [1.29, 1.82) is 0 Å². The number of anilines is 1. The largest absolute Gasteiger partial charge is 0.403 e. The van der Waals surface area contributed by atoms with Crippen LogP contribution in [0, 0.1) is 0 Å². The molecule has 1 N–H and O–H groups in total. The van der Waals surface area contributed by atoms with Gasteiger partial charge in [0.1, 0.15) is 0 Å². The standard InChI is InChI=1S/C18H16N2O2/c1-10-9-18(2,3)20-13-7-6-11-12-5-4-8-19-16(12)22-17(21)15(11)14(10)13/h4-9,20H,1-3H3. The summed E-state index contributed by atoms with van der Waals surface area (Å²) in [5, 5.41) is 5.82. The first kappa shape index (κ1) is 13.1. The molecule has 0 bridgehead atoms. The van der Waals surface area contributed by atoms with E-state index in [0.717, 1.165) is 27.6 Å². The number of pyridine rings is 1. The lowest BCUT2D eigenvalue weighted by atomic mass is 9.88. The van der Waals surface area contributed by atoms with Crippen molar-refractivity contribution in [3.63, 3.8) is 0 Å². The topological polar surface area (TPSA) is 55.1 Å². The molecule has 1 aromatic carbocycles. The zero-order valence-electron chi connectivity index (χ0n) is 12.7. The van der Waals surface area contributed by atoms with Crippen molar-refractivity contribution < 1.29 is 4.42 Å². The number of allylic oxidation sites excluding steroid dienone is 1. The summed E-state index contributed by atoms with van der Waals surface area (Å²) in [5.74, 6) is 0. The molecule has 0 saturated heterocycles. The van der Waals surface area contributed by atoms with Crippen LogP contribution in [0.3, 0.4) is 0 Å². The minimum atomic E-state index is -0.340. The molecule has 0 amide bonds. The molecule has 0 unspecified atom stereocenters. The number of nitrogens with one attached hydrogen (secondary N) is 1. The molecule has 110 valence electrons. The predicted molar refractivity (Wildman–Crippen MR) is 89.1 cm³/mol. The molecule has 2 aromatic heterocycles. The van der Waals surface area contributed by atoms with Gasteiger partial charge in [-0.2, -0.15) is 0 Å². The van der Waals surface area contributed by atoms with Crippen LogP contribution in [0.2, 0.25) is 0 Å². The fourth-order valence-electron chi connectivity index (χ4n) is 3.37. The summed E-state index contributed by atoms with van der Waals surface area (Å²) >= 11 is 0. The van der Waals surface area contributed by atoms with Gasteiger partial charge in [0.05, 0.1) is 10.9 Å². The van der Waals surface area contributed by atoms with E-state index < -0.39 is 0 Å². The van der Waals surface area contributed by atoms with E-state index in [2.05, 4.69) is 30.2 Å². The van der Waals surface area contributed by atoms with E-state index in [4.69, 9.17) is 4.42 Å². The highest BCUT2D eigenvalue weighted by Gasteiger charge is 2.25. The van der Waals surface area contributed by atoms with Crippen LogP contribution in [-0.4, -0.2) is 10.5 Å². The number of hydrogen-bond acceptors (Lipinski definition) is 4. The average molecular weight is 292 g/mol. The molecule has 1 aliphatic rings. The van der Waals surface area contributed by atoms with Crippen LogP contribution in [0.5, 0.6) is 0 Å². The van der Waals surface area contributed by atoms with Crippen molar-refractivity contribution >= 4 is 33.1 Å². The molecule has 0 saturated carbocycles. The van der Waals surface area contributed by atoms with Crippen LogP contribution in [0.15, 0.2) is 45.8 Å². The zero-order chi connectivity index (χ0) is 15.5. The van der Waals surface area contributed by atoms with Crippen LogP contribution in [-0.2, 0) is 0 Å². The highest BCUT2D eigenvalue weighted by Crippen LogP contribution is 2.38. The molecule has 3 aromatic rings. The normalized spacial score (nSPS) is 16.2. The minimum absolute atomic E-state index is 0.136. The second-order valence-corrected chi connectivity index (χ2v) is 6.33. The number of nitrogens with zero attached hydrogens (tertiary/aromatic N) is 1. The second-order valence-electron chi connectivity index (χ2n) is 6.33. The lowest BCUT2D eigenvalue weighted by Crippen LogP contribution is -2.31. The molecule has 22 heavy (non-hydrogen) atoms. The Hall–Kier alpha value is -2.62. The molecule has 0 radical (unpaired) electrons. The molecule has 0 fully saturated rings. The van der Waals surface area contributed by atoms with Crippen molar-refractivity contribution in [1.82, 2.24) is 4.98 Å². The first-order chi connectivity index (χ1) is 10.5. The van der Waals surface area contributed by atoms with Gasteiger partial charge in [0.15, 0.2) is 0 Å². The fourth-order valence-corrected chi connectivity index (χ4v) is 3.37. The lowest BCUT2D eigenvalue weighted by Gasteiger charge is -2.31. The van der Waals surface area contributed by atoms with E-state index in [1.54, 1.807) is 6.20 Å². The monoisotopic (exact) mass is 292 g/mol. The Morgan fingerprint density at radius 1 is 1.18 bits per heavy atom. The van der Waals surface area contributed by atoms with Crippen molar-refractivity contribution in [3.05, 3.63) is 52.5 Å². The van der Waals surface area contributed by atoms with E-state index in [0.29, 0.717) is 11.1 Å². The maximum Gasteiger partial charge on any atom is 0.346 e. The summed E-state index contributed by atoms with van der Waals surface area (Å²) in [6.45, 7) is 6.25. The van der Waals surface area contributed by atoms with Crippen LogP contribution in [0.4, 0.5) is 5.69 Å². The number of fused-ring (bicyclic) bond motifs is 5. The minimum Gasteiger partial charge on any atom is -0.403 e. The first-order valence-corrected chi connectivity index (χ1v) is 7.29. The summed E-state index contributed by atoms with van der Waals surface area (Å²) in [6.07, 6.45) is 3.77. The Labute approximate surface area is 127 Å². The van der Waals surface area contributed by atoms with Crippen LogP contribution < -0.4 is 10.9 Å². The fraction of sp³-hybridized carbons (Fsp3) is 0.222. The first-order valence-electron chi connectivity index (χ1n) is 7.29. The average Bonchev–Trinajstić information content (AvgIpc) is 2.45. The van der Waals surface area contributed by atoms with E-state index in [-0.39, 0.29) is 11.2 Å². The van der Waals surface area contributed by atoms with E-state index in [9.17, 15) is 4.79 Å². The van der Waals surface area contributed by atoms with Gasteiger partial charge in [-0.1, -0.05) is 12.1 Å². The van der Waals surface area contributed by atoms with Crippen molar-refractivity contribution in [2.75, 3.05) is 5.32 Å². The highest BCUT2D eigenvalue weighted by molar-refractivity contribution is 6.09. The van der Waals surface area contributed by atoms with E-state index >= 15 is 0 Å². The number of hydrogen-bond donors (Lipinski definition) is 1. The molecule has 4 heteroatoms. The number of aromatic nitrogens is 1. The van der Waals surface area contributed by atoms with Crippen molar-refractivity contribution in [3.8, 4) is 0 Å². The summed E-state index contributed by atoms with van der Waals surface area (Å²) in [5.41, 5.74) is 2.88. The lowest BCUT2D eigenvalue weighted by molar-refractivity contribution is 0.558. The zero-order valence-corrected chi connectivity index (χ0v) is 12.7. The van der Waals surface area contributed by atoms with Crippen molar-refractivity contribution in [2.24, 2.45) is 0 Å². The summed E-state index contributed by atoms with van der Waals surface area (Å²) < 4.78 is 5.42. The molecule has 0 spiro atoms. The Kier molecular flexibility index (Phi) is 2.49. The smallest absolute Gasteiger partial charge is 0.346 e. The van der Waals surface area contributed by atoms with Gasteiger partial charge in [0, 0.05) is 28.2 Å². The Balaban J connectivity index is 2.20. The van der Waals surface area contributed by atoms with E-state index in [1.807, 2.05) is 31.2 Å². The Bertz CT molecular complexity index is 1010. The maximum absolute atomic E-state index is 12.5. The van der Waals surface area contributed by atoms with Gasteiger partial charge >= 0.3 is 5.63 Å². The Morgan fingerprint density at radius 3 is 2.82 bits per heavy atom. The maximum atomic E-state index is 12.5. The van der Waals surface area contributed by atoms with Crippen molar-refractivity contribution in [2.45, 2.75) is 26.3 Å². The molecule has 0 aliphatic carbocycles. The third-order valence-electron chi connectivity index (χ3n) is 4.09. The molecule has 3 heterocycles. The van der Waals surface area contributed by atoms with Crippen LogP contribution >= 0.6 is 0 Å². The predicted octanol–water partition coefficient (Wildman–Crippen LogP) is 3.95. The number of benzene rings is 1. The molecule has 1 aliphatic heterocycles. The molecule has 4 nitrogen and oxygen atoms in total. The molecule has 0 atom stereocenters. The molecular formula is C18H16N2O2. The van der Waals surface area contributed by atoms with Crippen LogP contribution in [0.25, 0.3) is 27.4 Å². The molecule has 4 rings (SSSR count). The Morgan fingerprint density at radius 2 is 2.00 bits per heavy atom. The van der Waals surface area contributed by atoms with E-state index in [1.165, 1.54) is 0 Å². The van der Waals surface area contributed by atoms with Gasteiger partial charge in [-0.3, -0.25) is 0 Å². The number of rotatable bonds is 0. The van der Waals surface area contributed by atoms with Gasteiger partial charge in [-0.25, -0.2) is 9.78 Å². The van der Waals surface area contributed by atoms with Gasteiger partial charge in [0.25, 0.3) is 0 Å². The quantitative estimate of drug-likeness (QED) is 0.637. The summed E-state index contributed by atoms with van der Waals surface area (Å²) in [4.78, 5) is 16.7. The third-order valence-corrected chi connectivity index (χ3v) is 4.09. The third kappa shape index (κ3) is 1.77. The molecular weight excluding hydrogens is 276 g/mol. The summed E-state index contributed by atoms with van der Waals surface area (Å²) in [7, 11) is 0. The SMILES string of the molecule is CC1=CC(C)(C)Nc2ccc3c(c21)c(=O)oc1ncccc13. The van der Waals surface area contributed by atoms with Gasteiger partial charge in [0.2, 0.25) is 5.71 Å². The summed E-state index contributed by atoms with van der Waals surface area (Å²) in [6, 6.07) is 7.78. The second kappa shape index (κ2) is 4.19.